The largest absolute Gasteiger partial charge is 0.310 e. The van der Waals surface area contributed by atoms with E-state index in [0.717, 1.165) is 61.3 Å². The van der Waals surface area contributed by atoms with Gasteiger partial charge < -0.3 is 4.90 Å². The van der Waals surface area contributed by atoms with Gasteiger partial charge in [0.15, 0.2) is 0 Å². The number of hydrogen-bond acceptors (Lipinski definition) is 1. The zero-order valence-corrected chi connectivity index (χ0v) is 32.3. The second-order valence-corrected chi connectivity index (χ2v) is 14.7. The normalized spacial score (nSPS) is 12.0. The molecule has 0 unspecified atom stereocenters. The summed E-state index contributed by atoms with van der Waals surface area (Å²) in [6.45, 7) is 0. The standard InChI is InChI=1S/C58H41N/c1-3-13-42(14-4-1)45-25-28-48(29-26-45)57-23-9-10-24-58(57)59(55-35-31-46(32-36-55)51-20-11-19-50(39-51)43-15-5-2-6-16-43)56-37-33-47(34-38-56)52-21-12-22-53(40-52)54-30-27-44-17-7-8-18-49(44)41-54/h1-41H/i31D,32D,35D,36D. The predicted octanol–water partition coefficient (Wildman–Crippen LogP) is 16.3. The van der Waals surface area contributed by atoms with Gasteiger partial charge in [0.25, 0.3) is 0 Å². The highest BCUT2D eigenvalue weighted by Gasteiger charge is 2.18. The summed E-state index contributed by atoms with van der Waals surface area (Å²) < 4.78 is 38.3. The fourth-order valence-electron chi connectivity index (χ4n) is 7.87. The molecule has 0 fully saturated rings. The van der Waals surface area contributed by atoms with Crippen molar-refractivity contribution in [2.45, 2.75) is 0 Å². The van der Waals surface area contributed by atoms with Crippen molar-refractivity contribution in [3.05, 3.63) is 249 Å². The average Bonchev–Trinajstić information content (AvgIpc) is 3.35. The molecule has 10 aromatic rings. The summed E-state index contributed by atoms with van der Waals surface area (Å²) in [7, 11) is 0. The average molecular weight is 756 g/mol. The molecule has 0 atom stereocenters. The van der Waals surface area contributed by atoms with Gasteiger partial charge in [-0.2, -0.15) is 0 Å². The van der Waals surface area contributed by atoms with Crippen LogP contribution in [0.3, 0.4) is 0 Å². The molecule has 0 bridgehead atoms. The molecule has 1 nitrogen and oxygen atoms in total. The molecule has 0 saturated heterocycles. The van der Waals surface area contributed by atoms with Gasteiger partial charge in [-0.25, -0.2) is 0 Å². The van der Waals surface area contributed by atoms with Crippen LogP contribution in [0.5, 0.6) is 0 Å². The van der Waals surface area contributed by atoms with Gasteiger partial charge in [0.2, 0.25) is 0 Å². The van der Waals surface area contributed by atoms with E-state index in [-0.39, 0.29) is 35.4 Å². The lowest BCUT2D eigenvalue weighted by molar-refractivity contribution is 1.28. The second kappa shape index (κ2) is 16.0. The number of hydrogen-bond donors (Lipinski definition) is 0. The van der Waals surface area contributed by atoms with Gasteiger partial charge in [-0.15, -0.1) is 0 Å². The Morgan fingerprint density at radius 1 is 0.254 bits per heavy atom. The van der Waals surface area contributed by atoms with Gasteiger partial charge >= 0.3 is 0 Å². The number of para-hydroxylation sites is 1. The molecule has 0 radical (unpaired) electrons. The third-order valence-corrected chi connectivity index (χ3v) is 10.9. The molecule has 0 spiro atoms. The van der Waals surface area contributed by atoms with Crippen molar-refractivity contribution in [1.82, 2.24) is 0 Å². The monoisotopic (exact) mass is 755 g/mol. The maximum Gasteiger partial charge on any atom is 0.0645 e. The van der Waals surface area contributed by atoms with Crippen LogP contribution >= 0.6 is 0 Å². The van der Waals surface area contributed by atoms with E-state index in [1.54, 1.807) is 0 Å². The summed E-state index contributed by atoms with van der Waals surface area (Å²) in [5.41, 5.74) is 12.9. The number of anilines is 3. The molecule has 1 heteroatoms. The lowest BCUT2D eigenvalue weighted by Crippen LogP contribution is -2.11. The maximum absolute atomic E-state index is 9.67. The Bertz CT molecular complexity index is 3230. The van der Waals surface area contributed by atoms with Crippen LogP contribution in [0.1, 0.15) is 5.48 Å². The maximum atomic E-state index is 9.67. The molecule has 0 aliphatic carbocycles. The van der Waals surface area contributed by atoms with Crippen LogP contribution in [0.2, 0.25) is 0 Å². The Morgan fingerprint density at radius 3 is 1.34 bits per heavy atom. The molecular weight excluding hydrogens is 711 g/mol. The molecule has 0 N–H and O–H groups in total. The first-order valence-corrected chi connectivity index (χ1v) is 19.9. The first kappa shape index (κ1) is 31.4. The Balaban J connectivity index is 1.10. The summed E-state index contributed by atoms with van der Waals surface area (Å²) in [6.07, 6.45) is 0. The minimum atomic E-state index is -0.127. The second-order valence-electron chi connectivity index (χ2n) is 14.7. The predicted molar refractivity (Wildman–Crippen MR) is 251 cm³/mol. The number of nitrogens with zero attached hydrogens (tertiary/aromatic N) is 1. The molecule has 0 aliphatic rings. The highest BCUT2D eigenvalue weighted by atomic mass is 15.1. The highest BCUT2D eigenvalue weighted by molar-refractivity contribution is 5.91. The summed E-state index contributed by atoms with van der Waals surface area (Å²) in [6, 6.07) is 75.5. The minimum Gasteiger partial charge on any atom is -0.310 e. The van der Waals surface area contributed by atoms with Crippen molar-refractivity contribution >= 4 is 27.8 Å². The lowest BCUT2D eigenvalue weighted by atomic mass is 9.96. The topological polar surface area (TPSA) is 3.24 Å². The highest BCUT2D eigenvalue weighted by Crippen LogP contribution is 2.42. The molecule has 0 aliphatic heterocycles. The Hall–Kier alpha value is -7.74. The Kier molecular flexibility index (Phi) is 8.51. The van der Waals surface area contributed by atoms with Crippen LogP contribution in [0.25, 0.3) is 77.5 Å². The van der Waals surface area contributed by atoms with Crippen LogP contribution in [-0.4, -0.2) is 0 Å². The number of rotatable bonds is 9. The van der Waals surface area contributed by atoms with Crippen molar-refractivity contribution in [1.29, 1.82) is 0 Å². The quantitative estimate of drug-likeness (QED) is 0.142. The van der Waals surface area contributed by atoms with Crippen LogP contribution in [0.15, 0.2) is 249 Å². The van der Waals surface area contributed by atoms with Gasteiger partial charge in [0.05, 0.1) is 11.2 Å². The molecule has 278 valence electrons. The van der Waals surface area contributed by atoms with Crippen LogP contribution < -0.4 is 4.90 Å². The first-order valence-electron chi connectivity index (χ1n) is 21.9. The molecule has 0 amide bonds. The molecule has 59 heavy (non-hydrogen) atoms. The smallest absolute Gasteiger partial charge is 0.0645 e. The zero-order chi connectivity index (χ0) is 42.9. The summed E-state index contributed by atoms with van der Waals surface area (Å²) in [5.74, 6) is 0. The Morgan fingerprint density at radius 2 is 0.678 bits per heavy atom. The number of fused-ring (bicyclic) bond motifs is 1. The molecule has 10 rings (SSSR count). The SMILES string of the molecule is [2H]c1c([2H])c(N(c2ccc(-c3cccc(-c4ccc5ccccc5c4)c3)cc2)c2ccccc2-c2ccc(-c3ccccc3)cc2)c([2H])c([2H])c1-c1cccc(-c2ccccc2)c1. The first-order chi connectivity index (χ1) is 30.9. The van der Waals surface area contributed by atoms with Gasteiger partial charge in [0, 0.05) is 16.9 Å². The van der Waals surface area contributed by atoms with Gasteiger partial charge in [-0.3, -0.25) is 0 Å². The van der Waals surface area contributed by atoms with Gasteiger partial charge in [-0.05, 0) is 120 Å². The van der Waals surface area contributed by atoms with E-state index in [1.165, 1.54) is 10.8 Å². The van der Waals surface area contributed by atoms with E-state index in [4.69, 9.17) is 0 Å². The van der Waals surface area contributed by atoms with Gasteiger partial charge in [0.1, 0.15) is 0 Å². The van der Waals surface area contributed by atoms with Crippen LogP contribution in [-0.2, 0) is 0 Å². The molecule has 0 aromatic heterocycles. The van der Waals surface area contributed by atoms with E-state index < -0.39 is 0 Å². The lowest BCUT2D eigenvalue weighted by Gasteiger charge is -2.28. The fraction of sp³-hybridized carbons (Fsp3) is 0. The number of benzene rings is 10. The third-order valence-electron chi connectivity index (χ3n) is 10.9. The van der Waals surface area contributed by atoms with Gasteiger partial charge in [-0.1, -0.05) is 200 Å². The van der Waals surface area contributed by atoms with E-state index >= 15 is 0 Å². The van der Waals surface area contributed by atoms with Crippen molar-refractivity contribution in [2.75, 3.05) is 4.90 Å². The molecule has 0 saturated carbocycles. The third kappa shape index (κ3) is 7.46. The fourth-order valence-corrected chi connectivity index (χ4v) is 7.87. The van der Waals surface area contributed by atoms with Crippen LogP contribution in [0.4, 0.5) is 17.1 Å². The van der Waals surface area contributed by atoms with Crippen LogP contribution in [0, 0.1) is 0 Å². The molecule has 0 heterocycles. The van der Waals surface area contributed by atoms with E-state index in [0.29, 0.717) is 11.3 Å². The van der Waals surface area contributed by atoms with Crippen molar-refractivity contribution < 1.29 is 5.48 Å². The Labute approximate surface area is 352 Å². The molecule has 10 aromatic carbocycles. The van der Waals surface area contributed by atoms with E-state index in [9.17, 15) is 5.48 Å². The summed E-state index contributed by atoms with van der Waals surface area (Å²) in [4.78, 5) is 1.89. The van der Waals surface area contributed by atoms with Crippen molar-refractivity contribution in [2.24, 2.45) is 0 Å². The van der Waals surface area contributed by atoms with E-state index in [1.807, 2.05) is 114 Å². The van der Waals surface area contributed by atoms with Crippen molar-refractivity contribution in [3.8, 4) is 66.8 Å². The minimum absolute atomic E-state index is 0.104. The van der Waals surface area contributed by atoms with E-state index in [2.05, 4.69) is 115 Å². The summed E-state index contributed by atoms with van der Waals surface area (Å²) >= 11 is 0. The zero-order valence-electron chi connectivity index (χ0n) is 36.3. The van der Waals surface area contributed by atoms with Crippen molar-refractivity contribution in [3.63, 3.8) is 0 Å². The summed E-state index contributed by atoms with van der Waals surface area (Å²) in [5, 5.41) is 2.40. The molecular formula is C58H41N.